The van der Waals surface area contributed by atoms with Crippen molar-refractivity contribution in [3.8, 4) is 0 Å². The fraction of sp³-hybridized carbons (Fsp3) is 0.583. The molecule has 1 N–H and O–H groups in total. The number of cyclic esters (lactones) is 3. The summed E-state index contributed by atoms with van der Waals surface area (Å²) < 4.78 is 9.40. The summed E-state index contributed by atoms with van der Waals surface area (Å²) in [6.45, 7) is 0. The highest BCUT2D eigenvalue weighted by Gasteiger charge is 2.63. The van der Waals surface area contributed by atoms with Crippen LogP contribution in [0.25, 0.3) is 0 Å². The van der Waals surface area contributed by atoms with E-state index < -0.39 is 36.0 Å². The van der Waals surface area contributed by atoms with Crippen LogP contribution in [-0.4, -0.2) is 29.3 Å². The molecule has 2 saturated heterocycles. The molecular weight excluding hydrogens is 240 g/mol. The van der Waals surface area contributed by atoms with Gasteiger partial charge in [-0.3, -0.25) is 14.4 Å². The number of hydrogen-bond acceptors (Lipinski definition) is 6. The first-order valence-corrected chi connectivity index (χ1v) is 5.93. The third-order valence-electron chi connectivity index (χ3n) is 4.54. The zero-order valence-electron chi connectivity index (χ0n) is 9.24. The second-order valence-electron chi connectivity index (χ2n) is 5.26. The minimum Gasteiger partial charge on any atom is -0.435 e. The van der Waals surface area contributed by atoms with Crippen molar-refractivity contribution in [2.75, 3.05) is 0 Å². The van der Waals surface area contributed by atoms with Crippen molar-refractivity contribution in [3.05, 3.63) is 11.6 Å². The third kappa shape index (κ3) is 1.00. The highest BCUT2D eigenvalue weighted by atomic mass is 16.6. The van der Waals surface area contributed by atoms with Crippen molar-refractivity contribution in [3.63, 3.8) is 0 Å². The molecule has 0 aromatic carbocycles. The van der Waals surface area contributed by atoms with Crippen LogP contribution in [-0.2, 0) is 23.9 Å². The molecule has 6 atom stereocenters. The average molecular weight is 250 g/mol. The van der Waals surface area contributed by atoms with Crippen LogP contribution in [0.5, 0.6) is 0 Å². The van der Waals surface area contributed by atoms with Gasteiger partial charge in [0, 0.05) is 0 Å². The molecular formula is C12H10O6. The molecule has 0 spiro atoms. The number of carbonyl (C=O) groups excluding carboxylic acids is 3. The highest BCUT2D eigenvalue weighted by Crippen LogP contribution is 2.58. The van der Waals surface area contributed by atoms with Crippen LogP contribution in [0.2, 0.25) is 0 Å². The molecule has 2 aliphatic carbocycles. The third-order valence-corrected chi connectivity index (χ3v) is 4.54. The standard InChI is InChI=1S/C12H10O6/c13-9-5-1-3-4(2-6(5)10(14)17-9)8-7(3)11(15)18-12(8)16/h1,4-8,11,15H,2H2. The predicted octanol–water partition coefficient (Wildman–Crippen LogP) is -0.630. The van der Waals surface area contributed by atoms with Gasteiger partial charge in [0.1, 0.15) is 0 Å². The Morgan fingerprint density at radius 3 is 2.61 bits per heavy atom. The van der Waals surface area contributed by atoms with Crippen LogP contribution < -0.4 is 0 Å². The molecule has 1 saturated carbocycles. The van der Waals surface area contributed by atoms with E-state index in [1.54, 1.807) is 6.08 Å². The predicted molar refractivity (Wildman–Crippen MR) is 53.3 cm³/mol. The Labute approximate surface area is 102 Å². The number of esters is 3. The summed E-state index contributed by atoms with van der Waals surface area (Å²) in [6, 6.07) is 0. The van der Waals surface area contributed by atoms with Gasteiger partial charge < -0.3 is 14.6 Å². The van der Waals surface area contributed by atoms with E-state index in [0.29, 0.717) is 6.42 Å². The Bertz CT molecular complexity index is 521. The fourth-order valence-electron chi connectivity index (χ4n) is 3.70. The van der Waals surface area contributed by atoms with E-state index in [2.05, 4.69) is 4.74 Å². The number of carbonyl (C=O) groups is 3. The lowest BCUT2D eigenvalue weighted by Crippen LogP contribution is -2.47. The van der Waals surface area contributed by atoms with E-state index in [-0.39, 0.29) is 17.8 Å². The Morgan fingerprint density at radius 1 is 1.06 bits per heavy atom. The van der Waals surface area contributed by atoms with Gasteiger partial charge in [-0.15, -0.1) is 0 Å². The lowest BCUT2D eigenvalue weighted by molar-refractivity contribution is -0.157. The van der Waals surface area contributed by atoms with Gasteiger partial charge in [-0.1, -0.05) is 11.6 Å². The van der Waals surface area contributed by atoms with Crippen molar-refractivity contribution in [2.45, 2.75) is 12.7 Å². The van der Waals surface area contributed by atoms with Gasteiger partial charge in [0.05, 0.1) is 23.7 Å². The van der Waals surface area contributed by atoms with Crippen molar-refractivity contribution >= 4 is 17.9 Å². The van der Waals surface area contributed by atoms with Gasteiger partial charge in [-0.2, -0.15) is 0 Å². The first-order chi connectivity index (χ1) is 8.58. The lowest BCUT2D eigenvalue weighted by Gasteiger charge is -2.45. The molecule has 6 heteroatoms. The Hall–Kier alpha value is -1.69. The fourth-order valence-corrected chi connectivity index (χ4v) is 3.70. The molecule has 0 bridgehead atoms. The van der Waals surface area contributed by atoms with Gasteiger partial charge in [-0.05, 0) is 12.3 Å². The van der Waals surface area contributed by atoms with E-state index in [0.717, 1.165) is 5.57 Å². The second kappa shape index (κ2) is 3.00. The number of ether oxygens (including phenoxy) is 2. The van der Waals surface area contributed by atoms with E-state index in [1.165, 1.54) is 0 Å². The normalized spacial score (nSPS) is 48.5. The highest BCUT2D eigenvalue weighted by molar-refractivity contribution is 5.98. The number of aliphatic hydroxyl groups is 1. The Morgan fingerprint density at radius 2 is 1.83 bits per heavy atom. The SMILES string of the molecule is O=C1OC(=O)C2CC3C(=CC12)C1C(O)OC(=O)C31. The minimum absolute atomic E-state index is 0.0839. The number of fused-ring (bicyclic) bond motifs is 5. The molecule has 0 amide bonds. The van der Waals surface area contributed by atoms with Gasteiger partial charge in [-0.25, -0.2) is 0 Å². The molecule has 6 nitrogen and oxygen atoms in total. The summed E-state index contributed by atoms with van der Waals surface area (Å²) in [5, 5.41) is 9.62. The molecule has 3 fully saturated rings. The van der Waals surface area contributed by atoms with Crippen LogP contribution in [0, 0.1) is 29.6 Å². The van der Waals surface area contributed by atoms with Crippen molar-refractivity contribution in [2.24, 2.45) is 29.6 Å². The summed E-state index contributed by atoms with van der Waals surface area (Å²) in [7, 11) is 0. The van der Waals surface area contributed by atoms with E-state index in [4.69, 9.17) is 4.74 Å². The smallest absolute Gasteiger partial charge is 0.321 e. The van der Waals surface area contributed by atoms with E-state index >= 15 is 0 Å². The Balaban J connectivity index is 1.73. The summed E-state index contributed by atoms with van der Waals surface area (Å²) in [5.74, 6) is -3.26. The molecule has 18 heavy (non-hydrogen) atoms. The van der Waals surface area contributed by atoms with Gasteiger partial charge in [0.2, 0.25) is 6.29 Å². The molecule has 4 rings (SSSR count). The maximum atomic E-state index is 11.5. The zero-order valence-corrected chi connectivity index (χ0v) is 9.24. The van der Waals surface area contributed by atoms with Gasteiger partial charge in [0.15, 0.2) is 0 Å². The van der Waals surface area contributed by atoms with Crippen LogP contribution in [0.1, 0.15) is 6.42 Å². The first-order valence-electron chi connectivity index (χ1n) is 5.93. The first kappa shape index (κ1) is 10.3. The largest absolute Gasteiger partial charge is 0.435 e. The van der Waals surface area contributed by atoms with Crippen LogP contribution >= 0.6 is 0 Å². The number of hydrogen-bond donors (Lipinski definition) is 1. The average Bonchev–Trinajstić information content (AvgIpc) is 2.68. The molecule has 2 aliphatic heterocycles. The summed E-state index contributed by atoms with van der Waals surface area (Å²) in [4.78, 5) is 34.5. The summed E-state index contributed by atoms with van der Waals surface area (Å²) in [6.07, 6.45) is 1.01. The molecule has 94 valence electrons. The van der Waals surface area contributed by atoms with E-state index in [1.807, 2.05) is 0 Å². The number of aliphatic hydroxyl groups excluding tert-OH is 1. The van der Waals surface area contributed by atoms with Crippen molar-refractivity contribution in [1.82, 2.24) is 0 Å². The van der Waals surface area contributed by atoms with Crippen LogP contribution in [0.4, 0.5) is 0 Å². The second-order valence-corrected chi connectivity index (χ2v) is 5.26. The maximum Gasteiger partial charge on any atom is 0.321 e. The Kier molecular flexibility index (Phi) is 1.71. The van der Waals surface area contributed by atoms with Crippen molar-refractivity contribution in [1.29, 1.82) is 0 Å². The van der Waals surface area contributed by atoms with Crippen LogP contribution in [0.3, 0.4) is 0 Å². The summed E-state index contributed by atoms with van der Waals surface area (Å²) in [5.41, 5.74) is 0.867. The molecule has 4 aliphatic rings. The quantitative estimate of drug-likeness (QED) is 0.350. The molecule has 0 aromatic heterocycles. The summed E-state index contributed by atoms with van der Waals surface area (Å²) >= 11 is 0. The van der Waals surface area contributed by atoms with Crippen molar-refractivity contribution < 1.29 is 29.0 Å². The zero-order chi connectivity index (χ0) is 12.6. The van der Waals surface area contributed by atoms with Gasteiger partial charge in [0.25, 0.3) is 0 Å². The van der Waals surface area contributed by atoms with E-state index in [9.17, 15) is 19.5 Å². The minimum atomic E-state index is -1.12. The molecule has 0 aromatic rings. The van der Waals surface area contributed by atoms with Gasteiger partial charge >= 0.3 is 17.9 Å². The lowest BCUT2D eigenvalue weighted by atomic mass is 9.55. The molecule has 0 radical (unpaired) electrons. The molecule has 6 unspecified atom stereocenters. The maximum absolute atomic E-state index is 11.5. The monoisotopic (exact) mass is 250 g/mol. The topological polar surface area (TPSA) is 89.9 Å². The number of rotatable bonds is 0. The van der Waals surface area contributed by atoms with Crippen LogP contribution in [0.15, 0.2) is 11.6 Å². The molecule has 2 heterocycles.